The fraction of sp³-hybridized carbons (Fsp3) is 0.690. The fourth-order valence-electron chi connectivity index (χ4n) is 6.89. The van der Waals surface area contributed by atoms with Gasteiger partial charge in [0.05, 0.1) is 11.2 Å². The van der Waals surface area contributed by atoms with Gasteiger partial charge in [0, 0.05) is 36.7 Å². The van der Waals surface area contributed by atoms with Crippen molar-refractivity contribution in [3.05, 3.63) is 36.0 Å². The average molecular weight is 503 g/mol. The van der Waals surface area contributed by atoms with Crippen molar-refractivity contribution in [2.75, 3.05) is 6.61 Å². The minimum Gasteiger partial charge on any atom is -0.465 e. The van der Waals surface area contributed by atoms with E-state index in [1.807, 2.05) is 26.8 Å². The smallest absolute Gasteiger partial charge is 0.333 e. The summed E-state index contributed by atoms with van der Waals surface area (Å²) in [6, 6.07) is 0. The first-order valence-electron chi connectivity index (χ1n) is 12.8. The molecule has 1 spiro atoms. The minimum atomic E-state index is -0.757. The van der Waals surface area contributed by atoms with Crippen LogP contribution in [0.3, 0.4) is 0 Å². The van der Waals surface area contributed by atoms with Crippen molar-refractivity contribution in [3.8, 4) is 0 Å². The lowest BCUT2D eigenvalue weighted by molar-refractivity contribution is -0.257. The van der Waals surface area contributed by atoms with E-state index in [0.29, 0.717) is 24.8 Å². The number of fused-ring (bicyclic) bond motifs is 2. The van der Waals surface area contributed by atoms with Crippen molar-refractivity contribution in [1.29, 1.82) is 0 Å². The summed E-state index contributed by atoms with van der Waals surface area (Å²) >= 11 is 0. The molecule has 0 aromatic heterocycles. The van der Waals surface area contributed by atoms with Gasteiger partial charge < -0.3 is 18.9 Å². The maximum atomic E-state index is 13.0. The van der Waals surface area contributed by atoms with Crippen LogP contribution in [-0.2, 0) is 33.3 Å². The zero-order valence-electron chi connectivity index (χ0n) is 23.1. The average Bonchev–Trinajstić information content (AvgIpc) is 3.17. The molecule has 200 valence electrons. The van der Waals surface area contributed by atoms with E-state index in [-0.39, 0.29) is 18.5 Å². The van der Waals surface area contributed by atoms with Gasteiger partial charge in [0.25, 0.3) is 0 Å². The first-order valence-corrected chi connectivity index (χ1v) is 12.8. The predicted octanol–water partition coefficient (Wildman–Crippen LogP) is 5.24. The van der Waals surface area contributed by atoms with Crippen LogP contribution in [-0.4, -0.2) is 47.9 Å². The number of hydrogen-bond donors (Lipinski definition) is 0. The fourth-order valence-corrected chi connectivity index (χ4v) is 6.89. The van der Waals surface area contributed by atoms with E-state index in [4.69, 9.17) is 18.9 Å². The maximum absolute atomic E-state index is 13.0. The van der Waals surface area contributed by atoms with Gasteiger partial charge in [-0.25, -0.2) is 4.79 Å². The lowest BCUT2D eigenvalue weighted by atomic mass is 9.44. The van der Waals surface area contributed by atoms with Gasteiger partial charge in [-0.1, -0.05) is 32.1 Å². The van der Waals surface area contributed by atoms with Crippen molar-refractivity contribution in [2.45, 2.75) is 104 Å². The summed E-state index contributed by atoms with van der Waals surface area (Å²) in [7, 11) is 0. The van der Waals surface area contributed by atoms with Gasteiger partial charge in [0.2, 0.25) is 0 Å². The zero-order valence-corrected chi connectivity index (χ0v) is 23.1. The van der Waals surface area contributed by atoms with Crippen LogP contribution < -0.4 is 0 Å². The van der Waals surface area contributed by atoms with E-state index < -0.39 is 46.2 Å². The largest absolute Gasteiger partial charge is 0.465 e. The Bertz CT molecular complexity index is 992. The van der Waals surface area contributed by atoms with Crippen LogP contribution in [0.5, 0.6) is 0 Å². The SMILES string of the molecule is C=C[C@@]1(C)CC[C@@]2(O1)C(C)=CC[C@H]1C(C)(C)[C@H](OC(C)=O)[C@H](OC(=O)/C(C)=C\C)C[C@@]12COC(C)=O. The van der Waals surface area contributed by atoms with E-state index in [0.717, 1.165) is 12.0 Å². The van der Waals surface area contributed by atoms with Crippen molar-refractivity contribution >= 4 is 17.9 Å². The van der Waals surface area contributed by atoms with E-state index in [9.17, 15) is 14.4 Å². The highest BCUT2D eigenvalue weighted by atomic mass is 16.6. The van der Waals surface area contributed by atoms with Crippen molar-refractivity contribution in [3.63, 3.8) is 0 Å². The number of rotatable bonds is 6. The molecule has 36 heavy (non-hydrogen) atoms. The highest BCUT2D eigenvalue weighted by Gasteiger charge is 2.71. The second-order valence-electron chi connectivity index (χ2n) is 11.5. The molecule has 0 aromatic rings. The molecule has 0 unspecified atom stereocenters. The molecule has 3 rings (SSSR count). The zero-order chi connectivity index (χ0) is 27.1. The van der Waals surface area contributed by atoms with E-state index in [2.05, 4.69) is 19.6 Å². The van der Waals surface area contributed by atoms with Gasteiger partial charge in [-0.05, 0) is 58.4 Å². The highest BCUT2D eigenvalue weighted by Crippen LogP contribution is 2.67. The normalized spacial score (nSPS) is 37.5. The molecule has 0 bridgehead atoms. The van der Waals surface area contributed by atoms with Crippen LogP contribution in [0.25, 0.3) is 0 Å². The van der Waals surface area contributed by atoms with Crippen LogP contribution in [0, 0.1) is 16.7 Å². The van der Waals surface area contributed by atoms with E-state index in [1.165, 1.54) is 13.8 Å². The summed E-state index contributed by atoms with van der Waals surface area (Å²) in [5.41, 5.74) is -1.10. The molecule has 1 saturated heterocycles. The third-order valence-corrected chi connectivity index (χ3v) is 8.95. The molecule has 2 aliphatic carbocycles. The maximum Gasteiger partial charge on any atom is 0.333 e. The summed E-state index contributed by atoms with van der Waals surface area (Å²) in [5.74, 6) is -1.36. The molecule has 3 aliphatic rings. The summed E-state index contributed by atoms with van der Waals surface area (Å²) in [6.45, 7) is 18.5. The topological polar surface area (TPSA) is 88.1 Å². The number of esters is 3. The first-order chi connectivity index (χ1) is 16.7. The molecular weight excluding hydrogens is 460 g/mol. The van der Waals surface area contributed by atoms with E-state index >= 15 is 0 Å². The Kier molecular flexibility index (Phi) is 7.67. The molecule has 2 fully saturated rings. The Balaban J connectivity index is 2.23. The Morgan fingerprint density at radius 2 is 1.78 bits per heavy atom. The first kappa shape index (κ1) is 28.2. The van der Waals surface area contributed by atoms with E-state index in [1.54, 1.807) is 19.9 Å². The number of hydrogen-bond acceptors (Lipinski definition) is 7. The van der Waals surface area contributed by atoms with Crippen LogP contribution in [0.1, 0.15) is 81.1 Å². The molecule has 7 heteroatoms. The van der Waals surface area contributed by atoms with Crippen molar-refractivity contribution in [2.24, 2.45) is 16.7 Å². The third-order valence-electron chi connectivity index (χ3n) is 8.95. The molecule has 1 aliphatic heterocycles. The van der Waals surface area contributed by atoms with Gasteiger partial charge in [-0.2, -0.15) is 0 Å². The van der Waals surface area contributed by atoms with Gasteiger partial charge in [0.1, 0.15) is 18.8 Å². The van der Waals surface area contributed by atoms with Crippen LogP contribution in [0.2, 0.25) is 0 Å². The van der Waals surface area contributed by atoms with Gasteiger partial charge in [0.15, 0.2) is 0 Å². The molecule has 6 atom stereocenters. The molecular formula is C29H42O7. The molecule has 1 heterocycles. The number of allylic oxidation sites excluding steroid dienone is 2. The summed E-state index contributed by atoms with van der Waals surface area (Å²) in [6.07, 6.45) is 6.80. The van der Waals surface area contributed by atoms with Crippen molar-refractivity contribution in [1.82, 2.24) is 0 Å². The summed E-state index contributed by atoms with van der Waals surface area (Å²) < 4.78 is 24.7. The molecule has 1 saturated carbocycles. The lowest BCUT2D eigenvalue weighted by Gasteiger charge is -2.64. The molecule has 0 N–H and O–H groups in total. The van der Waals surface area contributed by atoms with Gasteiger partial charge in [-0.15, -0.1) is 6.58 Å². The standard InChI is InChI=1S/C29H42O7/c1-10-18(3)25(32)35-22-16-28(17-33-20(5)30)23(26(7,8)24(22)34-21(6)31)13-12-19(4)29(28)15-14-27(9,11-2)36-29/h10-12,22-24H,2,13-17H2,1,3-9H3/b18-10-/t22-,23+,24-,27+,28-,29-/m1/s1. The highest BCUT2D eigenvalue weighted by molar-refractivity contribution is 5.87. The Morgan fingerprint density at radius 1 is 1.11 bits per heavy atom. The summed E-state index contributed by atoms with van der Waals surface area (Å²) in [5, 5.41) is 0. The van der Waals surface area contributed by atoms with Crippen LogP contribution in [0.15, 0.2) is 36.0 Å². The Hall–Kier alpha value is -2.41. The number of carbonyl (C=O) groups excluding carboxylic acids is 3. The third kappa shape index (κ3) is 4.55. The monoisotopic (exact) mass is 502 g/mol. The number of carbonyl (C=O) groups is 3. The number of ether oxygens (including phenoxy) is 4. The second kappa shape index (κ2) is 9.81. The molecule has 0 amide bonds. The molecule has 0 aromatic carbocycles. The van der Waals surface area contributed by atoms with Crippen molar-refractivity contribution < 1.29 is 33.3 Å². The van der Waals surface area contributed by atoms with Gasteiger partial charge >= 0.3 is 17.9 Å². The Labute approximate surface area is 215 Å². The summed E-state index contributed by atoms with van der Waals surface area (Å²) in [4.78, 5) is 37.3. The lowest BCUT2D eigenvalue weighted by Crippen LogP contribution is -2.69. The van der Waals surface area contributed by atoms with Gasteiger partial charge in [-0.3, -0.25) is 9.59 Å². The Morgan fingerprint density at radius 3 is 2.31 bits per heavy atom. The molecule has 7 nitrogen and oxygen atoms in total. The molecule has 0 radical (unpaired) electrons. The minimum absolute atomic E-state index is 0.0812. The van der Waals surface area contributed by atoms with Crippen LogP contribution in [0.4, 0.5) is 0 Å². The quantitative estimate of drug-likeness (QED) is 0.212. The second-order valence-corrected chi connectivity index (χ2v) is 11.5. The predicted molar refractivity (Wildman–Crippen MR) is 136 cm³/mol. The van der Waals surface area contributed by atoms with Crippen LogP contribution >= 0.6 is 0 Å².